The van der Waals surface area contributed by atoms with Crippen LogP contribution in [0.3, 0.4) is 0 Å². The number of anilines is 1. The first-order valence-corrected chi connectivity index (χ1v) is 3.81. The van der Waals surface area contributed by atoms with Gasteiger partial charge in [0.15, 0.2) is 0 Å². The van der Waals surface area contributed by atoms with Crippen LogP contribution in [0.4, 0.5) is 10.2 Å². The fraction of sp³-hybridized carbons (Fsp3) is 0. The molecule has 0 radical (unpaired) electrons. The minimum absolute atomic E-state index is 0.262. The van der Waals surface area contributed by atoms with E-state index >= 15 is 0 Å². The second kappa shape index (κ2) is 2.90. The fourth-order valence-electron chi connectivity index (χ4n) is 1.12. The van der Waals surface area contributed by atoms with Crippen molar-refractivity contribution in [2.24, 2.45) is 0 Å². The smallest absolute Gasteiger partial charge is 0.127 e. The van der Waals surface area contributed by atoms with Gasteiger partial charge in [0.2, 0.25) is 0 Å². The monoisotopic (exact) mass is 177 g/mol. The number of imidazole rings is 1. The van der Waals surface area contributed by atoms with Gasteiger partial charge in [0, 0.05) is 5.69 Å². The quantitative estimate of drug-likeness (QED) is 0.718. The Labute approximate surface area is 74.6 Å². The van der Waals surface area contributed by atoms with Crippen LogP contribution in [0.15, 0.2) is 36.8 Å². The van der Waals surface area contributed by atoms with E-state index in [9.17, 15) is 4.39 Å². The molecule has 2 rings (SSSR count). The lowest BCUT2D eigenvalue weighted by atomic mass is 10.3. The predicted molar refractivity (Wildman–Crippen MR) is 47.9 cm³/mol. The highest BCUT2D eigenvalue weighted by Crippen LogP contribution is 2.12. The van der Waals surface area contributed by atoms with E-state index in [4.69, 9.17) is 5.73 Å². The van der Waals surface area contributed by atoms with Crippen molar-refractivity contribution in [2.75, 3.05) is 5.73 Å². The third-order valence-electron chi connectivity index (χ3n) is 1.77. The Bertz CT molecular complexity index is 405. The lowest BCUT2D eigenvalue weighted by Crippen LogP contribution is -1.97. The number of rotatable bonds is 1. The van der Waals surface area contributed by atoms with Crippen molar-refractivity contribution in [3.05, 3.63) is 42.6 Å². The van der Waals surface area contributed by atoms with Gasteiger partial charge in [-0.1, -0.05) is 0 Å². The van der Waals surface area contributed by atoms with Crippen LogP contribution in [0.5, 0.6) is 0 Å². The summed E-state index contributed by atoms with van der Waals surface area (Å²) in [6, 6.07) is 6.06. The van der Waals surface area contributed by atoms with Crippen molar-refractivity contribution in [1.82, 2.24) is 9.55 Å². The van der Waals surface area contributed by atoms with Crippen LogP contribution < -0.4 is 5.73 Å². The summed E-state index contributed by atoms with van der Waals surface area (Å²) in [4.78, 5) is 3.86. The maximum atomic E-state index is 12.6. The Morgan fingerprint density at radius 2 is 1.92 bits per heavy atom. The average Bonchev–Trinajstić information content (AvgIpc) is 2.53. The van der Waals surface area contributed by atoms with Crippen LogP contribution in [-0.2, 0) is 0 Å². The molecular weight excluding hydrogens is 169 g/mol. The molecule has 0 aliphatic heterocycles. The van der Waals surface area contributed by atoms with Crippen LogP contribution in [0.2, 0.25) is 0 Å². The molecule has 1 aromatic heterocycles. The number of halogens is 1. The molecule has 1 aromatic carbocycles. The molecule has 1 heterocycles. The van der Waals surface area contributed by atoms with Gasteiger partial charge in [-0.05, 0) is 24.3 Å². The highest BCUT2D eigenvalue weighted by Gasteiger charge is 1.99. The first-order valence-electron chi connectivity index (χ1n) is 3.81. The fourth-order valence-corrected chi connectivity index (χ4v) is 1.12. The summed E-state index contributed by atoms with van der Waals surface area (Å²) in [5.74, 6) is 0.272. The summed E-state index contributed by atoms with van der Waals surface area (Å²) in [5.41, 5.74) is 6.42. The summed E-state index contributed by atoms with van der Waals surface area (Å²) in [7, 11) is 0. The molecule has 0 unspecified atom stereocenters. The molecule has 13 heavy (non-hydrogen) atoms. The highest BCUT2D eigenvalue weighted by molar-refractivity contribution is 5.41. The zero-order valence-corrected chi connectivity index (χ0v) is 6.81. The predicted octanol–water partition coefficient (Wildman–Crippen LogP) is 1.59. The van der Waals surface area contributed by atoms with E-state index in [1.165, 1.54) is 12.1 Å². The molecule has 0 atom stereocenters. The normalized spacial score (nSPS) is 10.2. The summed E-state index contributed by atoms with van der Waals surface area (Å²) < 4.78 is 14.3. The highest BCUT2D eigenvalue weighted by atomic mass is 19.1. The molecular formula is C9H8FN3. The zero-order valence-electron chi connectivity index (χ0n) is 6.81. The zero-order chi connectivity index (χ0) is 9.26. The third kappa shape index (κ3) is 1.38. The first-order chi connectivity index (χ1) is 6.27. The van der Waals surface area contributed by atoms with Gasteiger partial charge in [0.1, 0.15) is 18.0 Å². The molecule has 0 spiro atoms. The molecule has 3 nitrogen and oxygen atoms in total. The minimum atomic E-state index is -0.262. The number of hydrogen-bond acceptors (Lipinski definition) is 2. The van der Waals surface area contributed by atoms with Crippen LogP contribution in [-0.4, -0.2) is 9.55 Å². The lowest BCUT2D eigenvalue weighted by molar-refractivity contribution is 0.627. The Morgan fingerprint density at radius 1 is 1.23 bits per heavy atom. The molecule has 0 saturated heterocycles. The third-order valence-corrected chi connectivity index (χ3v) is 1.77. The van der Waals surface area contributed by atoms with Crippen molar-refractivity contribution in [3.63, 3.8) is 0 Å². The van der Waals surface area contributed by atoms with Gasteiger partial charge in [0.25, 0.3) is 0 Å². The van der Waals surface area contributed by atoms with Gasteiger partial charge < -0.3 is 5.73 Å². The number of aromatic nitrogens is 2. The maximum Gasteiger partial charge on any atom is 0.127 e. The van der Waals surface area contributed by atoms with E-state index in [1.807, 2.05) is 0 Å². The number of benzene rings is 1. The van der Waals surface area contributed by atoms with Gasteiger partial charge in [-0.3, -0.25) is 4.57 Å². The van der Waals surface area contributed by atoms with Crippen LogP contribution in [0.25, 0.3) is 5.69 Å². The minimum Gasteiger partial charge on any atom is -0.383 e. The van der Waals surface area contributed by atoms with Crippen molar-refractivity contribution >= 4 is 5.82 Å². The van der Waals surface area contributed by atoms with Gasteiger partial charge in [-0.25, -0.2) is 9.37 Å². The topological polar surface area (TPSA) is 43.8 Å². The molecule has 0 aliphatic carbocycles. The summed E-state index contributed by atoms with van der Waals surface area (Å²) >= 11 is 0. The molecule has 0 fully saturated rings. The van der Waals surface area contributed by atoms with Crippen molar-refractivity contribution in [2.45, 2.75) is 0 Å². The molecule has 4 heteroatoms. The van der Waals surface area contributed by atoms with Crippen LogP contribution >= 0.6 is 0 Å². The Hall–Kier alpha value is -1.84. The maximum absolute atomic E-state index is 12.6. The Morgan fingerprint density at radius 3 is 2.46 bits per heavy atom. The number of nitrogen functional groups attached to an aromatic ring is 1. The molecule has 0 saturated carbocycles. The van der Waals surface area contributed by atoms with Crippen LogP contribution in [0, 0.1) is 5.82 Å². The summed E-state index contributed by atoms with van der Waals surface area (Å²) in [6.07, 6.45) is 3.13. The second-order valence-electron chi connectivity index (χ2n) is 2.66. The summed E-state index contributed by atoms with van der Waals surface area (Å²) in [6.45, 7) is 0. The van der Waals surface area contributed by atoms with Crippen molar-refractivity contribution in [3.8, 4) is 5.69 Å². The van der Waals surface area contributed by atoms with E-state index in [1.54, 1.807) is 29.2 Å². The van der Waals surface area contributed by atoms with Gasteiger partial charge >= 0.3 is 0 Å². The van der Waals surface area contributed by atoms with E-state index in [0.717, 1.165) is 5.69 Å². The van der Waals surface area contributed by atoms with Crippen molar-refractivity contribution < 1.29 is 4.39 Å². The molecule has 0 bridgehead atoms. The molecule has 66 valence electrons. The molecule has 2 aromatic rings. The van der Waals surface area contributed by atoms with E-state index in [-0.39, 0.29) is 5.82 Å². The largest absolute Gasteiger partial charge is 0.383 e. The van der Waals surface area contributed by atoms with Crippen molar-refractivity contribution in [1.29, 1.82) is 0 Å². The number of hydrogen-bond donors (Lipinski definition) is 1. The van der Waals surface area contributed by atoms with Gasteiger partial charge in [-0.2, -0.15) is 0 Å². The first kappa shape index (κ1) is 7.79. The molecule has 0 aliphatic rings. The number of nitrogens with two attached hydrogens (primary N) is 1. The average molecular weight is 177 g/mol. The second-order valence-corrected chi connectivity index (χ2v) is 2.66. The van der Waals surface area contributed by atoms with Gasteiger partial charge in [0.05, 0.1) is 6.20 Å². The van der Waals surface area contributed by atoms with E-state index in [0.29, 0.717) is 5.82 Å². The standard InChI is InChI=1S/C9H8FN3/c10-7-1-3-8(4-2-7)13-6-12-5-9(13)11/h1-6H,11H2. The van der Waals surface area contributed by atoms with E-state index in [2.05, 4.69) is 4.98 Å². The molecule has 2 N–H and O–H groups in total. The van der Waals surface area contributed by atoms with Crippen LogP contribution in [0.1, 0.15) is 0 Å². The Balaban J connectivity index is 2.47. The molecule has 0 amide bonds. The Kier molecular flexibility index (Phi) is 1.73. The van der Waals surface area contributed by atoms with Gasteiger partial charge in [-0.15, -0.1) is 0 Å². The number of nitrogens with zero attached hydrogens (tertiary/aromatic N) is 2. The summed E-state index contributed by atoms with van der Waals surface area (Å²) in [5, 5.41) is 0. The van der Waals surface area contributed by atoms with E-state index < -0.39 is 0 Å². The lowest BCUT2D eigenvalue weighted by Gasteiger charge is -2.03. The SMILES string of the molecule is Nc1cncn1-c1ccc(F)cc1.